The Kier molecular flexibility index (Phi) is 6.67. The lowest BCUT2D eigenvalue weighted by Gasteiger charge is -2.03. The summed E-state index contributed by atoms with van der Waals surface area (Å²) in [7, 11) is -4.11. The molecule has 1 aromatic carbocycles. The lowest BCUT2D eigenvalue weighted by Crippen LogP contribution is -1.98. The highest BCUT2D eigenvalue weighted by atomic mass is 32.2. The monoisotopic (exact) mass is 300 g/mol. The van der Waals surface area contributed by atoms with Crippen LogP contribution in [0.1, 0.15) is 44.1 Å². The van der Waals surface area contributed by atoms with Gasteiger partial charge in [-0.25, -0.2) is 0 Å². The molecule has 1 rings (SSSR count). The Morgan fingerprint density at radius 3 is 2.05 bits per heavy atom. The largest absolute Gasteiger partial charge is 0.481 e. The van der Waals surface area contributed by atoms with Crippen LogP contribution in [0.15, 0.2) is 29.2 Å². The number of hydrogen-bond donors (Lipinski definition) is 2. The number of aliphatic carboxylic acids is 1. The molecule has 0 radical (unpaired) electrons. The Hall–Kier alpha value is -1.40. The van der Waals surface area contributed by atoms with Crippen molar-refractivity contribution in [2.24, 2.45) is 0 Å². The second-order valence-corrected chi connectivity index (χ2v) is 6.20. The molecule has 5 nitrogen and oxygen atoms in total. The van der Waals surface area contributed by atoms with Gasteiger partial charge in [-0.15, -0.1) is 0 Å². The van der Waals surface area contributed by atoms with Gasteiger partial charge in [0.05, 0.1) is 4.90 Å². The summed E-state index contributed by atoms with van der Waals surface area (Å²) >= 11 is 0. The van der Waals surface area contributed by atoms with E-state index in [4.69, 9.17) is 9.66 Å². The van der Waals surface area contributed by atoms with E-state index in [0.717, 1.165) is 44.1 Å². The number of carboxylic acids is 1. The molecule has 0 aromatic heterocycles. The molecule has 1 aromatic rings. The zero-order valence-corrected chi connectivity index (χ0v) is 12.1. The molecule has 112 valence electrons. The van der Waals surface area contributed by atoms with Gasteiger partial charge in [0.15, 0.2) is 0 Å². The van der Waals surface area contributed by atoms with Crippen LogP contribution in [-0.4, -0.2) is 24.0 Å². The van der Waals surface area contributed by atoms with Crippen LogP contribution in [0.5, 0.6) is 0 Å². The smallest absolute Gasteiger partial charge is 0.303 e. The summed E-state index contributed by atoms with van der Waals surface area (Å²) in [5, 5.41) is 8.48. The first-order valence-electron chi connectivity index (χ1n) is 6.68. The zero-order chi connectivity index (χ0) is 15.0. The van der Waals surface area contributed by atoms with E-state index in [-0.39, 0.29) is 11.3 Å². The number of aryl methyl sites for hydroxylation is 1. The number of hydrogen-bond acceptors (Lipinski definition) is 3. The Morgan fingerprint density at radius 2 is 1.50 bits per heavy atom. The molecule has 0 aliphatic rings. The molecule has 0 saturated heterocycles. The fourth-order valence-corrected chi connectivity index (χ4v) is 2.44. The van der Waals surface area contributed by atoms with Gasteiger partial charge in [-0.05, 0) is 37.0 Å². The van der Waals surface area contributed by atoms with E-state index in [0.29, 0.717) is 0 Å². The summed E-state index contributed by atoms with van der Waals surface area (Å²) in [6, 6.07) is 6.20. The molecule has 2 N–H and O–H groups in total. The van der Waals surface area contributed by atoms with Gasteiger partial charge in [0, 0.05) is 6.42 Å². The summed E-state index contributed by atoms with van der Waals surface area (Å²) in [5.74, 6) is -0.746. The van der Waals surface area contributed by atoms with Crippen LogP contribution in [0.2, 0.25) is 0 Å². The summed E-state index contributed by atoms with van der Waals surface area (Å²) in [5.41, 5.74) is 1.03. The standard InChI is InChI=1S/C14H20O5S/c15-14(16)7-5-3-1-2-4-6-12-8-10-13(11-9-12)20(17,18)19/h8-11H,1-7H2,(H,15,16)(H,17,18,19). The van der Waals surface area contributed by atoms with Crippen molar-refractivity contribution in [2.75, 3.05) is 0 Å². The molecule has 0 bridgehead atoms. The molecule has 0 amide bonds. The van der Waals surface area contributed by atoms with Crippen molar-refractivity contribution < 1.29 is 22.9 Å². The summed E-state index contributed by atoms with van der Waals surface area (Å²) in [6.07, 6.45) is 5.75. The molecule has 20 heavy (non-hydrogen) atoms. The van der Waals surface area contributed by atoms with Crippen molar-refractivity contribution in [2.45, 2.75) is 49.8 Å². The molecular weight excluding hydrogens is 280 g/mol. The van der Waals surface area contributed by atoms with Gasteiger partial charge in [0.2, 0.25) is 0 Å². The predicted octanol–water partition coefficient (Wildman–Crippen LogP) is 2.90. The molecule has 0 saturated carbocycles. The molecule has 6 heteroatoms. The molecule has 0 heterocycles. The maximum Gasteiger partial charge on any atom is 0.303 e. The first-order chi connectivity index (χ1) is 9.39. The number of unbranched alkanes of at least 4 members (excludes halogenated alkanes) is 4. The highest BCUT2D eigenvalue weighted by Gasteiger charge is 2.08. The van der Waals surface area contributed by atoms with E-state index in [2.05, 4.69) is 0 Å². The van der Waals surface area contributed by atoms with Crippen molar-refractivity contribution in [3.8, 4) is 0 Å². The minimum Gasteiger partial charge on any atom is -0.481 e. The predicted molar refractivity (Wildman–Crippen MR) is 75.3 cm³/mol. The maximum absolute atomic E-state index is 10.9. The van der Waals surface area contributed by atoms with Gasteiger partial charge in [0.25, 0.3) is 10.1 Å². The molecule has 0 atom stereocenters. The van der Waals surface area contributed by atoms with Gasteiger partial charge in [0.1, 0.15) is 0 Å². The average molecular weight is 300 g/mol. The molecule has 0 fully saturated rings. The van der Waals surface area contributed by atoms with Crippen molar-refractivity contribution in [3.05, 3.63) is 29.8 Å². The molecule has 0 unspecified atom stereocenters. The quantitative estimate of drug-likeness (QED) is 0.540. The summed E-state index contributed by atoms with van der Waals surface area (Å²) in [6.45, 7) is 0. The van der Waals surface area contributed by atoms with Gasteiger partial charge >= 0.3 is 5.97 Å². The van der Waals surface area contributed by atoms with Crippen molar-refractivity contribution >= 4 is 16.1 Å². The number of rotatable bonds is 9. The maximum atomic E-state index is 10.9. The normalized spacial score (nSPS) is 11.4. The Morgan fingerprint density at radius 1 is 0.950 bits per heavy atom. The van der Waals surface area contributed by atoms with Crippen LogP contribution in [0, 0.1) is 0 Å². The molecule has 0 spiro atoms. The van der Waals surface area contributed by atoms with Crippen LogP contribution in [0.25, 0.3) is 0 Å². The van der Waals surface area contributed by atoms with Crippen LogP contribution < -0.4 is 0 Å². The number of carboxylic acid groups (broad SMARTS) is 1. The van der Waals surface area contributed by atoms with Gasteiger partial charge in [-0.3, -0.25) is 9.35 Å². The van der Waals surface area contributed by atoms with E-state index >= 15 is 0 Å². The Bertz CT molecular complexity index is 519. The zero-order valence-electron chi connectivity index (χ0n) is 11.3. The van der Waals surface area contributed by atoms with Crippen LogP contribution in [-0.2, 0) is 21.3 Å². The van der Waals surface area contributed by atoms with E-state index < -0.39 is 16.1 Å². The fourth-order valence-electron chi connectivity index (χ4n) is 1.96. The highest BCUT2D eigenvalue weighted by Crippen LogP contribution is 2.13. The summed E-state index contributed by atoms with van der Waals surface area (Å²) < 4.78 is 30.6. The van der Waals surface area contributed by atoms with Crippen molar-refractivity contribution in [3.63, 3.8) is 0 Å². The van der Waals surface area contributed by atoms with Crippen LogP contribution >= 0.6 is 0 Å². The highest BCUT2D eigenvalue weighted by molar-refractivity contribution is 7.85. The third-order valence-corrected chi connectivity index (χ3v) is 3.95. The topological polar surface area (TPSA) is 91.7 Å². The van der Waals surface area contributed by atoms with E-state index in [1.165, 1.54) is 12.1 Å². The SMILES string of the molecule is O=C(O)CCCCCCCc1ccc(S(=O)(=O)O)cc1. The third kappa shape index (κ3) is 6.68. The molecule has 0 aliphatic heterocycles. The summed E-state index contributed by atoms with van der Waals surface area (Å²) in [4.78, 5) is 10.2. The second kappa shape index (κ2) is 8.01. The van der Waals surface area contributed by atoms with E-state index in [9.17, 15) is 13.2 Å². The first kappa shape index (κ1) is 16.7. The third-order valence-electron chi connectivity index (χ3n) is 3.08. The molecular formula is C14H20O5S. The van der Waals surface area contributed by atoms with Gasteiger partial charge in [-0.1, -0.05) is 31.4 Å². The Balaban J connectivity index is 2.21. The minimum atomic E-state index is -4.11. The van der Waals surface area contributed by atoms with Crippen molar-refractivity contribution in [1.82, 2.24) is 0 Å². The average Bonchev–Trinajstić information content (AvgIpc) is 2.37. The second-order valence-electron chi connectivity index (χ2n) is 4.78. The fraction of sp³-hybridized carbons (Fsp3) is 0.500. The van der Waals surface area contributed by atoms with Gasteiger partial charge < -0.3 is 5.11 Å². The van der Waals surface area contributed by atoms with E-state index in [1.54, 1.807) is 12.1 Å². The van der Waals surface area contributed by atoms with Crippen LogP contribution in [0.3, 0.4) is 0 Å². The van der Waals surface area contributed by atoms with Crippen LogP contribution in [0.4, 0.5) is 0 Å². The number of carbonyl (C=O) groups is 1. The Labute approximate surface area is 119 Å². The number of benzene rings is 1. The van der Waals surface area contributed by atoms with Crippen molar-refractivity contribution in [1.29, 1.82) is 0 Å². The minimum absolute atomic E-state index is 0.0880. The first-order valence-corrected chi connectivity index (χ1v) is 8.12. The molecule has 0 aliphatic carbocycles. The van der Waals surface area contributed by atoms with Gasteiger partial charge in [-0.2, -0.15) is 8.42 Å². The lowest BCUT2D eigenvalue weighted by atomic mass is 10.1. The van der Waals surface area contributed by atoms with E-state index in [1.807, 2.05) is 0 Å². The lowest BCUT2D eigenvalue weighted by molar-refractivity contribution is -0.137.